The van der Waals surface area contributed by atoms with Gasteiger partial charge in [-0.05, 0) is 31.9 Å². The molecule has 0 bridgehead atoms. The zero-order valence-electron chi connectivity index (χ0n) is 15.0. The van der Waals surface area contributed by atoms with E-state index in [1.54, 1.807) is 21.7 Å². The van der Waals surface area contributed by atoms with Gasteiger partial charge in [0.25, 0.3) is 0 Å². The standard InChI is InChI=1S/C18H21FN6O2/c1-12-20-15-10-18(22-16(26)11-25(15)23-12)6-8-24(9-7-18)17(27)21-14-5-3-2-4-13(14)19/h2-5H,6-11H2,1H3,(H,21,27)(H,22,26). The zero-order chi connectivity index (χ0) is 19.0. The smallest absolute Gasteiger partial charge is 0.321 e. The van der Waals surface area contributed by atoms with Gasteiger partial charge >= 0.3 is 6.03 Å². The maximum Gasteiger partial charge on any atom is 0.321 e. The lowest BCUT2D eigenvalue weighted by Crippen LogP contribution is -2.57. The monoisotopic (exact) mass is 372 g/mol. The van der Waals surface area contributed by atoms with E-state index in [0.29, 0.717) is 38.2 Å². The summed E-state index contributed by atoms with van der Waals surface area (Å²) in [6, 6.07) is 5.74. The summed E-state index contributed by atoms with van der Waals surface area (Å²) < 4.78 is 15.4. The Kier molecular flexibility index (Phi) is 4.29. The molecular formula is C18H21FN6O2. The molecule has 2 aliphatic rings. The second kappa shape index (κ2) is 6.64. The Morgan fingerprint density at radius 2 is 2.04 bits per heavy atom. The third kappa shape index (κ3) is 3.49. The van der Waals surface area contributed by atoms with Crippen molar-refractivity contribution >= 4 is 17.6 Å². The van der Waals surface area contributed by atoms with E-state index in [1.165, 1.54) is 12.1 Å². The number of aryl methyl sites for hydroxylation is 1. The fraction of sp³-hybridized carbons (Fsp3) is 0.444. The molecule has 0 saturated carbocycles. The van der Waals surface area contributed by atoms with Gasteiger partial charge in [0.05, 0.1) is 11.2 Å². The lowest BCUT2D eigenvalue weighted by molar-refractivity contribution is -0.123. The molecule has 1 aromatic heterocycles. The molecule has 27 heavy (non-hydrogen) atoms. The maximum absolute atomic E-state index is 13.7. The number of nitrogens with one attached hydrogen (secondary N) is 2. The van der Waals surface area contributed by atoms with Crippen molar-refractivity contribution in [3.05, 3.63) is 41.7 Å². The number of anilines is 1. The normalized spacial score (nSPS) is 18.6. The molecule has 0 radical (unpaired) electrons. The van der Waals surface area contributed by atoms with Gasteiger partial charge in [-0.1, -0.05) is 12.1 Å². The van der Waals surface area contributed by atoms with Crippen LogP contribution in [0.3, 0.4) is 0 Å². The molecule has 3 heterocycles. The number of carbonyl (C=O) groups excluding carboxylic acids is 2. The first-order valence-electron chi connectivity index (χ1n) is 8.96. The third-order valence-corrected chi connectivity index (χ3v) is 5.17. The Bertz CT molecular complexity index is 888. The van der Waals surface area contributed by atoms with Crippen molar-refractivity contribution in [3.8, 4) is 0 Å². The lowest BCUT2D eigenvalue weighted by Gasteiger charge is -2.41. The average molecular weight is 372 g/mol. The van der Waals surface area contributed by atoms with Gasteiger partial charge in [-0.3, -0.25) is 4.79 Å². The molecule has 1 aromatic carbocycles. The number of hydrogen-bond acceptors (Lipinski definition) is 4. The summed E-state index contributed by atoms with van der Waals surface area (Å²) in [5, 5.41) is 9.99. The Morgan fingerprint density at radius 3 is 2.78 bits per heavy atom. The number of fused-ring (bicyclic) bond motifs is 1. The number of piperidine rings is 1. The predicted octanol–water partition coefficient (Wildman–Crippen LogP) is 1.46. The van der Waals surface area contributed by atoms with E-state index in [-0.39, 0.29) is 24.2 Å². The molecule has 2 aromatic rings. The molecule has 1 spiro atoms. The van der Waals surface area contributed by atoms with Crippen LogP contribution in [0.5, 0.6) is 0 Å². The topological polar surface area (TPSA) is 92.2 Å². The zero-order valence-corrected chi connectivity index (χ0v) is 15.0. The van der Waals surface area contributed by atoms with Gasteiger partial charge < -0.3 is 15.5 Å². The van der Waals surface area contributed by atoms with Gasteiger partial charge in [-0.15, -0.1) is 0 Å². The molecule has 1 fully saturated rings. The Morgan fingerprint density at radius 1 is 1.30 bits per heavy atom. The van der Waals surface area contributed by atoms with Crippen LogP contribution in [-0.4, -0.2) is 50.2 Å². The number of urea groups is 1. The maximum atomic E-state index is 13.7. The van der Waals surface area contributed by atoms with E-state index < -0.39 is 11.4 Å². The van der Waals surface area contributed by atoms with Crippen LogP contribution in [0.25, 0.3) is 0 Å². The number of para-hydroxylation sites is 1. The highest BCUT2D eigenvalue weighted by atomic mass is 19.1. The van der Waals surface area contributed by atoms with Crippen molar-refractivity contribution in [2.75, 3.05) is 18.4 Å². The largest absolute Gasteiger partial charge is 0.348 e. The predicted molar refractivity (Wildman–Crippen MR) is 95.6 cm³/mol. The summed E-state index contributed by atoms with van der Waals surface area (Å²) in [7, 11) is 0. The summed E-state index contributed by atoms with van der Waals surface area (Å²) >= 11 is 0. The van der Waals surface area contributed by atoms with Gasteiger partial charge in [0.2, 0.25) is 5.91 Å². The minimum absolute atomic E-state index is 0.0945. The minimum Gasteiger partial charge on any atom is -0.348 e. The molecular weight excluding hydrogens is 351 g/mol. The molecule has 2 N–H and O–H groups in total. The number of nitrogens with zero attached hydrogens (tertiary/aromatic N) is 4. The molecule has 9 heteroatoms. The van der Waals surface area contributed by atoms with Crippen molar-refractivity contribution < 1.29 is 14.0 Å². The molecule has 0 unspecified atom stereocenters. The Labute approximate surface area is 155 Å². The van der Waals surface area contributed by atoms with Crippen LogP contribution in [0.4, 0.5) is 14.9 Å². The number of likely N-dealkylation sites (tertiary alicyclic amines) is 1. The highest BCUT2D eigenvalue weighted by molar-refractivity contribution is 5.89. The van der Waals surface area contributed by atoms with Crippen LogP contribution >= 0.6 is 0 Å². The lowest BCUT2D eigenvalue weighted by atomic mass is 9.84. The van der Waals surface area contributed by atoms with Crippen LogP contribution in [0, 0.1) is 12.7 Å². The third-order valence-electron chi connectivity index (χ3n) is 5.17. The molecule has 2 aliphatic heterocycles. The van der Waals surface area contributed by atoms with Crippen LogP contribution in [0.1, 0.15) is 24.5 Å². The highest BCUT2D eigenvalue weighted by Crippen LogP contribution is 2.28. The van der Waals surface area contributed by atoms with Gasteiger partial charge in [0.1, 0.15) is 24.0 Å². The molecule has 0 atom stereocenters. The van der Waals surface area contributed by atoms with E-state index in [1.807, 2.05) is 6.92 Å². The summed E-state index contributed by atoms with van der Waals surface area (Å²) in [4.78, 5) is 30.8. The van der Waals surface area contributed by atoms with Crippen LogP contribution in [-0.2, 0) is 17.8 Å². The number of benzene rings is 1. The first-order chi connectivity index (χ1) is 12.9. The first kappa shape index (κ1) is 17.4. The van der Waals surface area contributed by atoms with Crippen molar-refractivity contribution in [1.29, 1.82) is 0 Å². The number of hydrogen-bond donors (Lipinski definition) is 2. The van der Waals surface area contributed by atoms with Gasteiger partial charge in [-0.2, -0.15) is 5.10 Å². The van der Waals surface area contributed by atoms with E-state index in [2.05, 4.69) is 20.7 Å². The second-order valence-electron chi connectivity index (χ2n) is 7.14. The molecule has 142 valence electrons. The molecule has 0 aliphatic carbocycles. The Balaban J connectivity index is 1.44. The number of rotatable bonds is 1. The summed E-state index contributed by atoms with van der Waals surface area (Å²) in [6.45, 7) is 2.90. The summed E-state index contributed by atoms with van der Waals surface area (Å²) in [6.07, 6.45) is 1.80. The van der Waals surface area contributed by atoms with Crippen molar-refractivity contribution in [2.24, 2.45) is 0 Å². The number of aromatic nitrogens is 3. The van der Waals surface area contributed by atoms with Crippen molar-refractivity contribution in [3.63, 3.8) is 0 Å². The van der Waals surface area contributed by atoms with Crippen molar-refractivity contribution in [1.82, 2.24) is 25.0 Å². The van der Waals surface area contributed by atoms with Crippen LogP contribution in [0.2, 0.25) is 0 Å². The SMILES string of the molecule is Cc1nc2n(n1)CC(=O)NC1(CCN(C(=O)Nc3ccccc3F)CC1)C2. The van der Waals surface area contributed by atoms with E-state index >= 15 is 0 Å². The number of halogens is 1. The Hall–Kier alpha value is -2.97. The highest BCUT2D eigenvalue weighted by Gasteiger charge is 2.40. The quantitative estimate of drug-likeness (QED) is 0.793. The fourth-order valence-electron chi connectivity index (χ4n) is 3.77. The van der Waals surface area contributed by atoms with Gasteiger partial charge in [-0.25, -0.2) is 18.9 Å². The first-order valence-corrected chi connectivity index (χ1v) is 8.96. The second-order valence-corrected chi connectivity index (χ2v) is 7.14. The average Bonchev–Trinajstić information content (AvgIpc) is 2.89. The molecule has 4 rings (SSSR count). The van der Waals surface area contributed by atoms with Crippen LogP contribution < -0.4 is 10.6 Å². The van der Waals surface area contributed by atoms with Gasteiger partial charge in [0.15, 0.2) is 0 Å². The number of carbonyl (C=O) groups is 2. The molecule has 3 amide bonds. The van der Waals surface area contributed by atoms with Crippen molar-refractivity contribution in [2.45, 2.75) is 38.3 Å². The minimum atomic E-state index is -0.468. The fourth-order valence-corrected chi connectivity index (χ4v) is 3.77. The van der Waals surface area contributed by atoms with Crippen LogP contribution in [0.15, 0.2) is 24.3 Å². The molecule has 8 nitrogen and oxygen atoms in total. The van der Waals surface area contributed by atoms with Gasteiger partial charge in [0, 0.05) is 19.5 Å². The molecule has 1 saturated heterocycles. The van der Waals surface area contributed by atoms with E-state index in [0.717, 1.165) is 5.82 Å². The van der Waals surface area contributed by atoms with E-state index in [4.69, 9.17) is 0 Å². The number of amides is 3. The summed E-state index contributed by atoms with van der Waals surface area (Å²) in [5.41, 5.74) is -0.270. The summed E-state index contributed by atoms with van der Waals surface area (Å²) in [5.74, 6) is 0.875. The van der Waals surface area contributed by atoms with E-state index in [9.17, 15) is 14.0 Å².